The highest BCUT2D eigenvalue weighted by molar-refractivity contribution is 5.30. The Kier molecular flexibility index (Phi) is 4.94. The SMILES string of the molecule is CCn1ncc(OC)c1C(O)C1(N(C)C)CCC(C)CC1. The van der Waals surface area contributed by atoms with Crippen molar-refractivity contribution in [3.05, 3.63) is 11.9 Å². The molecule has 5 heteroatoms. The second-order valence-electron chi connectivity index (χ2n) is 6.50. The van der Waals surface area contributed by atoms with Gasteiger partial charge in [-0.1, -0.05) is 6.92 Å². The fourth-order valence-corrected chi connectivity index (χ4v) is 3.54. The molecule has 1 aliphatic rings. The van der Waals surface area contributed by atoms with Crippen LogP contribution in [0.1, 0.15) is 51.3 Å². The average molecular weight is 295 g/mol. The highest BCUT2D eigenvalue weighted by Gasteiger charge is 2.45. The van der Waals surface area contributed by atoms with Crippen LogP contribution in [0.4, 0.5) is 0 Å². The monoisotopic (exact) mass is 295 g/mol. The van der Waals surface area contributed by atoms with Crippen LogP contribution in [0.5, 0.6) is 5.75 Å². The van der Waals surface area contributed by atoms with Crippen LogP contribution < -0.4 is 4.74 Å². The van der Waals surface area contributed by atoms with Gasteiger partial charge in [-0.15, -0.1) is 0 Å². The maximum Gasteiger partial charge on any atom is 0.162 e. The number of aliphatic hydroxyl groups is 1. The second-order valence-corrected chi connectivity index (χ2v) is 6.50. The van der Waals surface area contributed by atoms with Crippen LogP contribution in [0.3, 0.4) is 0 Å². The number of ether oxygens (including phenoxy) is 1. The molecule has 1 aliphatic carbocycles. The van der Waals surface area contributed by atoms with Crippen molar-refractivity contribution in [3.8, 4) is 5.75 Å². The zero-order valence-corrected chi connectivity index (χ0v) is 14.0. The Hall–Kier alpha value is -1.07. The molecule has 1 aromatic rings. The molecule has 1 heterocycles. The van der Waals surface area contributed by atoms with Gasteiger partial charge in [-0.25, -0.2) is 0 Å². The fourth-order valence-electron chi connectivity index (χ4n) is 3.54. The number of aromatic nitrogens is 2. The van der Waals surface area contributed by atoms with Gasteiger partial charge in [-0.05, 0) is 52.6 Å². The molecule has 0 radical (unpaired) electrons. The Bertz CT molecular complexity index is 441. The predicted molar refractivity (Wildman–Crippen MR) is 83.5 cm³/mol. The number of nitrogens with zero attached hydrogens (tertiary/aromatic N) is 3. The lowest BCUT2D eigenvalue weighted by molar-refractivity contribution is -0.0458. The number of aryl methyl sites for hydroxylation is 1. The van der Waals surface area contributed by atoms with Crippen LogP contribution >= 0.6 is 0 Å². The molecule has 1 fully saturated rings. The zero-order valence-electron chi connectivity index (χ0n) is 14.0. The topological polar surface area (TPSA) is 50.5 Å². The van der Waals surface area contributed by atoms with Gasteiger partial charge in [0.05, 0.1) is 18.8 Å². The summed E-state index contributed by atoms with van der Waals surface area (Å²) in [6, 6.07) is 0. The molecule has 0 bridgehead atoms. The molecule has 1 atom stereocenters. The zero-order chi connectivity index (χ0) is 15.6. The smallest absolute Gasteiger partial charge is 0.162 e. The molecule has 5 nitrogen and oxygen atoms in total. The maximum absolute atomic E-state index is 11.2. The van der Waals surface area contributed by atoms with Crippen molar-refractivity contribution >= 4 is 0 Å². The molecule has 1 N–H and O–H groups in total. The fraction of sp³-hybridized carbons (Fsp3) is 0.812. The summed E-state index contributed by atoms with van der Waals surface area (Å²) in [5.41, 5.74) is 0.579. The van der Waals surface area contributed by atoms with Crippen molar-refractivity contribution in [2.45, 2.75) is 57.7 Å². The van der Waals surface area contributed by atoms with E-state index in [1.54, 1.807) is 13.3 Å². The number of rotatable bonds is 5. The standard InChI is InChI=1S/C16H29N3O2/c1-6-19-14(13(21-5)11-17-19)15(20)16(18(3)4)9-7-12(2)8-10-16/h11-12,15,20H,6-10H2,1-5H3. The number of aliphatic hydroxyl groups excluding tert-OH is 1. The first kappa shape index (κ1) is 16.3. The van der Waals surface area contributed by atoms with Crippen LogP contribution in [-0.2, 0) is 6.54 Å². The minimum atomic E-state index is -0.586. The molecule has 120 valence electrons. The molecule has 0 spiro atoms. The van der Waals surface area contributed by atoms with Crippen molar-refractivity contribution < 1.29 is 9.84 Å². The van der Waals surface area contributed by atoms with E-state index in [0.717, 1.165) is 43.8 Å². The number of methoxy groups -OCH3 is 1. The summed E-state index contributed by atoms with van der Waals surface area (Å²) >= 11 is 0. The number of likely N-dealkylation sites (N-methyl/N-ethyl adjacent to an activating group) is 1. The molecular weight excluding hydrogens is 266 g/mol. The predicted octanol–water partition coefficient (Wildman–Crippen LogP) is 2.46. The quantitative estimate of drug-likeness (QED) is 0.906. The normalized spacial score (nSPS) is 27.9. The molecule has 21 heavy (non-hydrogen) atoms. The van der Waals surface area contributed by atoms with E-state index in [2.05, 4.69) is 31.0 Å². The largest absolute Gasteiger partial charge is 0.493 e. The van der Waals surface area contributed by atoms with Crippen molar-refractivity contribution in [2.75, 3.05) is 21.2 Å². The number of hydrogen-bond acceptors (Lipinski definition) is 4. The molecule has 0 amide bonds. The van der Waals surface area contributed by atoms with E-state index in [1.807, 2.05) is 11.6 Å². The van der Waals surface area contributed by atoms with Crippen LogP contribution in [0, 0.1) is 5.92 Å². The van der Waals surface area contributed by atoms with Crippen molar-refractivity contribution in [1.82, 2.24) is 14.7 Å². The minimum Gasteiger partial charge on any atom is -0.493 e. The summed E-state index contributed by atoms with van der Waals surface area (Å²) in [7, 11) is 5.77. The molecule has 1 unspecified atom stereocenters. The summed E-state index contributed by atoms with van der Waals surface area (Å²) < 4.78 is 7.28. The molecule has 0 aromatic carbocycles. The lowest BCUT2D eigenvalue weighted by Gasteiger charge is -2.47. The van der Waals surface area contributed by atoms with Gasteiger partial charge in [0.25, 0.3) is 0 Å². The van der Waals surface area contributed by atoms with E-state index in [0.29, 0.717) is 5.75 Å². The minimum absolute atomic E-state index is 0.229. The van der Waals surface area contributed by atoms with Gasteiger partial charge in [0.1, 0.15) is 11.8 Å². The van der Waals surface area contributed by atoms with Crippen LogP contribution in [0.2, 0.25) is 0 Å². The van der Waals surface area contributed by atoms with Crippen molar-refractivity contribution in [1.29, 1.82) is 0 Å². The molecular formula is C16H29N3O2. The van der Waals surface area contributed by atoms with Crippen molar-refractivity contribution in [2.24, 2.45) is 5.92 Å². The Morgan fingerprint density at radius 1 is 1.48 bits per heavy atom. The first-order chi connectivity index (χ1) is 9.96. The Balaban J connectivity index is 2.39. The summed E-state index contributed by atoms with van der Waals surface area (Å²) in [6.45, 7) is 5.06. The third kappa shape index (κ3) is 2.81. The maximum atomic E-state index is 11.2. The van der Waals surface area contributed by atoms with E-state index in [9.17, 15) is 5.11 Å². The van der Waals surface area contributed by atoms with E-state index >= 15 is 0 Å². The van der Waals surface area contributed by atoms with Crippen molar-refractivity contribution in [3.63, 3.8) is 0 Å². The van der Waals surface area contributed by atoms with Gasteiger partial charge < -0.3 is 14.7 Å². The van der Waals surface area contributed by atoms with E-state index in [1.165, 1.54) is 0 Å². The molecule has 0 aliphatic heterocycles. The van der Waals surface area contributed by atoms with Gasteiger partial charge in [-0.2, -0.15) is 5.10 Å². The van der Waals surface area contributed by atoms with Gasteiger partial charge in [0.2, 0.25) is 0 Å². The van der Waals surface area contributed by atoms with Crippen LogP contribution in [0.25, 0.3) is 0 Å². The van der Waals surface area contributed by atoms with E-state index < -0.39 is 6.10 Å². The highest BCUT2D eigenvalue weighted by atomic mass is 16.5. The lowest BCUT2D eigenvalue weighted by atomic mass is 9.72. The Morgan fingerprint density at radius 2 is 2.10 bits per heavy atom. The molecule has 1 aromatic heterocycles. The summed E-state index contributed by atoms with van der Waals surface area (Å²) in [5, 5.41) is 15.5. The first-order valence-electron chi connectivity index (χ1n) is 7.91. The van der Waals surface area contributed by atoms with Gasteiger partial charge >= 0.3 is 0 Å². The Labute approximate surface area is 127 Å². The molecule has 2 rings (SSSR count). The Morgan fingerprint density at radius 3 is 2.57 bits per heavy atom. The number of hydrogen-bond donors (Lipinski definition) is 1. The highest BCUT2D eigenvalue weighted by Crippen LogP contribution is 2.45. The van der Waals surface area contributed by atoms with E-state index in [4.69, 9.17) is 4.74 Å². The second kappa shape index (κ2) is 6.36. The third-order valence-corrected chi connectivity index (χ3v) is 5.16. The lowest BCUT2D eigenvalue weighted by Crippen LogP contribution is -2.52. The van der Waals surface area contributed by atoms with Gasteiger partial charge in [-0.3, -0.25) is 4.68 Å². The summed E-state index contributed by atoms with van der Waals surface area (Å²) in [5.74, 6) is 1.42. The molecule has 1 saturated carbocycles. The summed E-state index contributed by atoms with van der Waals surface area (Å²) in [4.78, 5) is 2.19. The third-order valence-electron chi connectivity index (χ3n) is 5.16. The first-order valence-corrected chi connectivity index (χ1v) is 7.91. The summed E-state index contributed by atoms with van der Waals surface area (Å²) in [6.07, 6.45) is 5.42. The van der Waals surface area contributed by atoms with Crippen LogP contribution in [0.15, 0.2) is 6.20 Å². The van der Waals surface area contributed by atoms with E-state index in [-0.39, 0.29) is 5.54 Å². The van der Waals surface area contributed by atoms with Gasteiger partial charge in [0, 0.05) is 6.54 Å². The van der Waals surface area contributed by atoms with Crippen LogP contribution in [-0.4, -0.2) is 46.5 Å². The van der Waals surface area contributed by atoms with Gasteiger partial charge in [0.15, 0.2) is 5.75 Å². The average Bonchev–Trinajstić information content (AvgIpc) is 2.90. The molecule has 0 saturated heterocycles.